The fourth-order valence-corrected chi connectivity index (χ4v) is 2.22. The first-order valence-electron chi connectivity index (χ1n) is 7.70. The average molecular weight is 362 g/mol. The summed E-state index contributed by atoms with van der Waals surface area (Å²) < 4.78 is 5.59. The Morgan fingerprint density at radius 3 is 2.36 bits per heavy atom. The molecule has 0 fully saturated rings. The van der Waals surface area contributed by atoms with Crippen LogP contribution in [0.15, 0.2) is 48.5 Å². The van der Waals surface area contributed by atoms with Crippen LogP contribution in [0, 0.1) is 0 Å². The van der Waals surface area contributed by atoms with Crippen molar-refractivity contribution >= 4 is 29.1 Å². The number of ether oxygens (including phenoxy) is 1. The van der Waals surface area contributed by atoms with E-state index in [9.17, 15) is 9.59 Å². The van der Waals surface area contributed by atoms with E-state index in [2.05, 4.69) is 5.32 Å². The number of likely N-dealkylation sites (N-methyl/N-ethyl adjacent to an activating group) is 1. The van der Waals surface area contributed by atoms with Gasteiger partial charge < -0.3 is 15.8 Å². The maximum absolute atomic E-state index is 12.0. The number of anilines is 1. The molecule has 0 saturated heterocycles. The van der Waals surface area contributed by atoms with Gasteiger partial charge in [-0.15, -0.1) is 0 Å². The molecule has 0 atom stereocenters. The quantitative estimate of drug-likeness (QED) is 0.756. The molecular weight excluding hydrogens is 342 g/mol. The Balaban J connectivity index is 1.72. The minimum Gasteiger partial charge on any atom is -0.492 e. The summed E-state index contributed by atoms with van der Waals surface area (Å²) in [4.78, 5) is 24.9. The Kier molecular flexibility index (Phi) is 6.80. The van der Waals surface area contributed by atoms with Gasteiger partial charge in [0.15, 0.2) is 0 Å². The standard InChI is InChI=1S/C18H20ClN3O3/c1-22(10-11-25-16-8-4-14(19)5-9-16)12-17(23)21-15-6-2-13(3-7-15)18(20)24/h2-9H,10-12H2,1H3,(H2,20,24)(H,21,23). The zero-order valence-corrected chi connectivity index (χ0v) is 14.6. The summed E-state index contributed by atoms with van der Waals surface area (Å²) in [5.41, 5.74) is 6.19. The summed E-state index contributed by atoms with van der Waals surface area (Å²) in [6, 6.07) is 13.5. The van der Waals surface area contributed by atoms with E-state index in [1.54, 1.807) is 48.5 Å². The van der Waals surface area contributed by atoms with Crippen LogP contribution in [0.5, 0.6) is 5.75 Å². The van der Waals surface area contributed by atoms with Crippen LogP contribution in [-0.4, -0.2) is 43.5 Å². The molecule has 0 radical (unpaired) electrons. The van der Waals surface area contributed by atoms with Crippen LogP contribution in [0.2, 0.25) is 5.02 Å². The first kappa shape index (κ1) is 18.8. The predicted molar refractivity (Wildman–Crippen MR) is 98.0 cm³/mol. The van der Waals surface area contributed by atoms with Crippen molar-refractivity contribution in [2.45, 2.75) is 0 Å². The minimum absolute atomic E-state index is 0.152. The molecule has 7 heteroatoms. The molecule has 132 valence electrons. The largest absolute Gasteiger partial charge is 0.492 e. The van der Waals surface area contributed by atoms with Crippen molar-refractivity contribution in [1.82, 2.24) is 4.90 Å². The van der Waals surface area contributed by atoms with Crippen molar-refractivity contribution in [1.29, 1.82) is 0 Å². The topological polar surface area (TPSA) is 84.7 Å². The third-order valence-electron chi connectivity index (χ3n) is 3.42. The average Bonchev–Trinajstić information content (AvgIpc) is 2.57. The molecule has 25 heavy (non-hydrogen) atoms. The van der Waals surface area contributed by atoms with Crippen molar-refractivity contribution in [2.24, 2.45) is 5.73 Å². The molecule has 0 aliphatic rings. The Bertz CT molecular complexity index is 717. The molecule has 0 unspecified atom stereocenters. The molecule has 0 aliphatic carbocycles. The highest BCUT2D eigenvalue weighted by molar-refractivity contribution is 6.30. The lowest BCUT2D eigenvalue weighted by atomic mass is 10.2. The Morgan fingerprint density at radius 2 is 1.76 bits per heavy atom. The van der Waals surface area contributed by atoms with Gasteiger partial charge in [0, 0.05) is 22.8 Å². The van der Waals surface area contributed by atoms with Gasteiger partial charge in [0.25, 0.3) is 0 Å². The van der Waals surface area contributed by atoms with E-state index >= 15 is 0 Å². The predicted octanol–water partition coefficient (Wildman–Crippen LogP) is 2.39. The fourth-order valence-electron chi connectivity index (χ4n) is 2.09. The minimum atomic E-state index is -0.502. The van der Waals surface area contributed by atoms with Crippen molar-refractivity contribution in [2.75, 3.05) is 32.1 Å². The molecule has 0 aliphatic heterocycles. The van der Waals surface area contributed by atoms with Gasteiger partial charge in [-0.25, -0.2) is 0 Å². The van der Waals surface area contributed by atoms with Gasteiger partial charge in [-0.1, -0.05) is 11.6 Å². The molecule has 6 nitrogen and oxygen atoms in total. The molecule has 0 heterocycles. The number of benzene rings is 2. The Labute approximate surface area is 151 Å². The van der Waals surface area contributed by atoms with Crippen LogP contribution in [0.25, 0.3) is 0 Å². The summed E-state index contributed by atoms with van der Waals surface area (Å²) in [5.74, 6) is 0.0795. The maximum atomic E-state index is 12.0. The summed E-state index contributed by atoms with van der Waals surface area (Å²) in [6.07, 6.45) is 0. The fraction of sp³-hybridized carbons (Fsp3) is 0.222. The number of halogens is 1. The molecule has 0 saturated carbocycles. The number of hydrogen-bond donors (Lipinski definition) is 2. The lowest BCUT2D eigenvalue weighted by Gasteiger charge is -2.16. The van der Waals surface area contributed by atoms with E-state index in [-0.39, 0.29) is 12.5 Å². The smallest absolute Gasteiger partial charge is 0.248 e. The van der Waals surface area contributed by atoms with Crippen LogP contribution in [0.3, 0.4) is 0 Å². The number of primary amides is 1. The second-order valence-electron chi connectivity index (χ2n) is 5.53. The molecule has 2 amide bonds. The van der Waals surface area contributed by atoms with Gasteiger partial charge in [0.05, 0.1) is 6.54 Å². The maximum Gasteiger partial charge on any atom is 0.248 e. The number of hydrogen-bond acceptors (Lipinski definition) is 4. The summed E-state index contributed by atoms with van der Waals surface area (Å²) >= 11 is 5.81. The van der Waals surface area contributed by atoms with Crippen molar-refractivity contribution in [3.63, 3.8) is 0 Å². The summed E-state index contributed by atoms with van der Waals surface area (Å²) in [5, 5.41) is 3.42. The van der Waals surface area contributed by atoms with Crippen LogP contribution in [0.4, 0.5) is 5.69 Å². The Morgan fingerprint density at radius 1 is 1.12 bits per heavy atom. The molecule has 3 N–H and O–H groups in total. The first-order chi connectivity index (χ1) is 11.9. The van der Waals surface area contributed by atoms with Gasteiger partial charge in [0.2, 0.25) is 11.8 Å². The van der Waals surface area contributed by atoms with Crippen molar-refractivity contribution in [3.05, 3.63) is 59.1 Å². The van der Waals surface area contributed by atoms with Crippen LogP contribution in [0.1, 0.15) is 10.4 Å². The SMILES string of the molecule is CN(CCOc1ccc(Cl)cc1)CC(=O)Nc1ccc(C(N)=O)cc1. The number of nitrogens with two attached hydrogens (primary N) is 1. The van der Waals surface area contributed by atoms with Crippen LogP contribution >= 0.6 is 11.6 Å². The second kappa shape index (κ2) is 9.05. The van der Waals surface area contributed by atoms with Crippen LogP contribution < -0.4 is 15.8 Å². The highest BCUT2D eigenvalue weighted by Gasteiger charge is 2.08. The number of nitrogens with one attached hydrogen (secondary N) is 1. The molecule has 0 aromatic heterocycles. The van der Waals surface area contributed by atoms with Crippen molar-refractivity contribution < 1.29 is 14.3 Å². The van der Waals surface area contributed by atoms with Gasteiger partial charge in [-0.05, 0) is 55.6 Å². The number of amides is 2. The van der Waals surface area contributed by atoms with E-state index in [1.165, 1.54) is 0 Å². The van der Waals surface area contributed by atoms with E-state index < -0.39 is 5.91 Å². The molecule has 0 spiro atoms. The Hall–Kier alpha value is -2.57. The first-order valence-corrected chi connectivity index (χ1v) is 8.08. The third-order valence-corrected chi connectivity index (χ3v) is 3.67. The monoisotopic (exact) mass is 361 g/mol. The molecular formula is C18H20ClN3O3. The molecule has 2 aromatic rings. The molecule has 2 rings (SSSR count). The van der Waals surface area contributed by atoms with Gasteiger partial charge in [0.1, 0.15) is 12.4 Å². The van der Waals surface area contributed by atoms with E-state index in [0.717, 1.165) is 5.75 Å². The van der Waals surface area contributed by atoms with Gasteiger partial charge >= 0.3 is 0 Å². The van der Waals surface area contributed by atoms with Gasteiger partial charge in [-0.3, -0.25) is 14.5 Å². The number of carbonyl (C=O) groups is 2. The van der Waals surface area contributed by atoms with E-state index in [4.69, 9.17) is 22.1 Å². The molecule has 2 aromatic carbocycles. The number of carbonyl (C=O) groups excluding carboxylic acids is 2. The summed E-state index contributed by atoms with van der Waals surface area (Å²) in [6.45, 7) is 1.27. The zero-order valence-electron chi connectivity index (χ0n) is 13.9. The van der Waals surface area contributed by atoms with Gasteiger partial charge in [-0.2, -0.15) is 0 Å². The lowest BCUT2D eigenvalue weighted by molar-refractivity contribution is -0.117. The number of rotatable bonds is 8. The van der Waals surface area contributed by atoms with E-state index in [1.807, 2.05) is 11.9 Å². The molecule has 0 bridgehead atoms. The highest BCUT2D eigenvalue weighted by Crippen LogP contribution is 2.15. The van der Waals surface area contributed by atoms with Crippen LogP contribution in [-0.2, 0) is 4.79 Å². The lowest BCUT2D eigenvalue weighted by Crippen LogP contribution is -2.33. The number of nitrogens with zero attached hydrogens (tertiary/aromatic N) is 1. The normalized spacial score (nSPS) is 10.5. The highest BCUT2D eigenvalue weighted by atomic mass is 35.5. The zero-order chi connectivity index (χ0) is 18.2. The van der Waals surface area contributed by atoms with E-state index in [0.29, 0.717) is 29.4 Å². The third kappa shape index (κ3) is 6.45. The van der Waals surface area contributed by atoms with Crippen molar-refractivity contribution in [3.8, 4) is 5.75 Å². The second-order valence-corrected chi connectivity index (χ2v) is 5.97. The summed E-state index contributed by atoms with van der Waals surface area (Å²) in [7, 11) is 1.83.